The van der Waals surface area contributed by atoms with Crippen LogP contribution in [0, 0.1) is 0 Å². The van der Waals surface area contributed by atoms with Gasteiger partial charge in [0, 0.05) is 29.4 Å². The van der Waals surface area contributed by atoms with Crippen molar-refractivity contribution in [2.75, 3.05) is 6.61 Å². The Hall–Kier alpha value is -2.88. The van der Waals surface area contributed by atoms with E-state index < -0.39 is 0 Å². The molecule has 0 amide bonds. The topological polar surface area (TPSA) is 59.2 Å². The first-order valence-electron chi connectivity index (χ1n) is 7.51. The standard InChI is InChI=1S/C19H17NO3/c21-11-10-15(13-23-19(22)14-6-2-1-3-7-14)17-12-20-18-9-5-4-8-16(17)18/h1-9,11-12,15,20H,10,13H2/t15-/m0/s1. The second-order valence-electron chi connectivity index (χ2n) is 5.35. The number of benzene rings is 2. The highest BCUT2D eigenvalue weighted by molar-refractivity contribution is 5.89. The molecule has 0 aliphatic carbocycles. The number of fused-ring (bicyclic) bond motifs is 1. The van der Waals surface area contributed by atoms with Crippen molar-refractivity contribution >= 4 is 23.2 Å². The minimum Gasteiger partial charge on any atom is -0.461 e. The maximum atomic E-state index is 12.1. The Morgan fingerprint density at radius 1 is 1.09 bits per heavy atom. The van der Waals surface area contributed by atoms with Crippen molar-refractivity contribution in [1.82, 2.24) is 4.98 Å². The minimum atomic E-state index is -0.374. The predicted octanol–water partition coefficient (Wildman–Crippen LogP) is 3.70. The number of esters is 1. The summed E-state index contributed by atoms with van der Waals surface area (Å²) in [5.74, 6) is -0.530. The van der Waals surface area contributed by atoms with Crippen LogP contribution in [0.5, 0.6) is 0 Å². The van der Waals surface area contributed by atoms with Crippen LogP contribution in [-0.2, 0) is 9.53 Å². The highest BCUT2D eigenvalue weighted by Gasteiger charge is 2.18. The number of aromatic amines is 1. The molecular weight excluding hydrogens is 290 g/mol. The number of nitrogens with one attached hydrogen (secondary N) is 1. The fraction of sp³-hybridized carbons (Fsp3) is 0.158. The van der Waals surface area contributed by atoms with Crippen LogP contribution in [0.3, 0.4) is 0 Å². The largest absolute Gasteiger partial charge is 0.461 e. The molecule has 4 nitrogen and oxygen atoms in total. The average Bonchev–Trinajstić information content (AvgIpc) is 3.03. The Morgan fingerprint density at radius 3 is 2.61 bits per heavy atom. The van der Waals surface area contributed by atoms with Crippen LogP contribution in [0.1, 0.15) is 28.3 Å². The molecule has 3 aromatic rings. The van der Waals surface area contributed by atoms with Crippen molar-refractivity contribution < 1.29 is 14.3 Å². The van der Waals surface area contributed by atoms with E-state index in [0.29, 0.717) is 12.0 Å². The van der Waals surface area contributed by atoms with Crippen LogP contribution in [0.15, 0.2) is 60.8 Å². The van der Waals surface area contributed by atoms with Crippen LogP contribution < -0.4 is 0 Å². The lowest BCUT2D eigenvalue weighted by molar-refractivity contribution is -0.108. The van der Waals surface area contributed by atoms with Gasteiger partial charge in [-0.15, -0.1) is 0 Å². The summed E-state index contributed by atoms with van der Waals surface area (Å²) in [6.45, 7) is 0.175. The number of H-pyrrole nitrogens is 1. The number of hydrogen-bond donors (Lipinski definition) is 1. The first-order valence-corrected chi connectivity index (χ1v) is 7.51. The lowest BCUT2D eigenvalue weighted by Gasteiger charge is -2.14. The summed E-state index contributed by atoms with van der Waals surface area (Å²) in [5, 5.41) is 1.05. The van der Waals surface area contributed by atoms with Crippen molar-refractivity contribution in [3.8, 4) is 0 Å². The van der Waals surface area contributed by atoms with Gasteiger partial charge >= 0.3 is 5.97 Å². The second-order valence-corrected chi connectivity index (χ2v) is 5.35. The molecular formula is C19H17NO3. The Labute approximate surface area is 134 Å². The second kappa shape index (κ2) is 6.92. The fourth-order valence-corrected chi connectivity index (χ4v) is 2.67. The van der Waals surface area contributed by atoms with E-state index in [-0.39, 0.29) is 18.5 Å². The average molecular weight is 307 g/mol. The molecule has 0 aliphatic rings. The smallest absolute Gasteiger partial charge is 0.338 e. The summed E-state index contributed by atoms with van der Waals surface area (Å²) >= 11 is 0. The summed E-state index contributed by atoms with van der Waals surface area (Å²) in [6.07, 6.45) is 3.06. The maximum Gasteiger partial charge on any atom is 0.338 e. The number of ether oxygens (including phenoxy) is 1. The zero-order valence-electron chi connectivity index (χ0n) is 12.6. The van der Waals surface area contributed by atoms with E-state index in [2.05, 4.69) is 4.98 Å². The molecule has 1 atom stereocenters. The summed E-state index contributed by atoms with van der Waals surface area (Å²) in [4.78, 5) is 26.3. The van der Waals surface area contributed by atoms with E-state index >= 15 is 0 Å². The summed E-state index contributed by atoms with van der Waals surface area (Å²) in [5.41, 5.74) is 2.51. The third-order valence-corrected chi connectivity index (χ3v) is 3.87. The molecule has 0 spiro atoms. The lowest BCUT2D eigenvalue weighted by atomic mass is 9.96. The van der Waals surface area contributed by atoms with Gasteiger partial charge in [-0.05, 0) is 23.8 Å². The third kappa shape index (κ3) is 3.31. The van der Waals surface area contributed by atoms with Gasteiger partial charge in [-0.3, -0.25) is 0 Å². The molecule has 4 heteroatoms. The van der Waals surface area contributed by atoms with Crippen LogP contribution in [0.4, 0.5) is 0 Å². The number of para-hydroxylation sites is 1. The third-order valence-electron chi connectivity index (χ3n) is 3.87. The highest BCUT2D eigenvalue weighted by Crippen LogP contribution is 2.27. The van der Waals surface area contributed by atoms with E-state index in [1.165, 1.54) is 0 Å². The summed E-state index contributed by atoms with van der Waals surface area (Å²) in [6, 6.07) is 16.7. The van der Waals surface area contributed by atoms with Gasteiger partial charge < -0.3 is 14.5 Å². The van der Waals surface area contributed by atoms with E-state index in [4.69, 9.17) is 4.74 Å². The van der Waals surface area contributed by atoms with Gasteiger partial charge in [-0.1, -0.05) is 36.4 Å². The van der Waals surface area contributed by atoms with Gasteiger partial charge in [0.2, 0.25) is 0 Å². The van der Waals surface area contributed by atoms with Crippen molar-refractivity contribution in [3.63, 3.8) is 0 Å². The predicted molar refractivity (Wildman–Crippen MR) is 88.4 cm³/mol. The van der Waals surface area contributed by atoms with Crippen molar-refractivity contribution in [1.29, 1.82) is 0 Å². The quantitative estimate of drug-likeness (QED) is 0.558. The Morgan fingerprint density at radius 2 is 1.83 bits per heavy atom. The van der Waals surface area contributed by atoms with Crippen LogP contribution >= 0.6 is 0 Å². The Balaban J connectivity index is 1.77. The molecule has 116 valence electrons. The molecule has 0 aliphatic heterocycles. The van der Waals surface area contributed by atoms with Crippen LogP contribution in [0.25, 0.3) is 10.9 Å². The molecule has 3 rings (SSSR count). The van der Waals surface area contributed by atoms with Crippen molar-refractivity contribution in [2.45, 2.75) is 12.3 Å². The molecule has 0 saturated heterocycles. The number of rotatable bonds is 6. The zero-order chi connectivity index (χ0) is 16.1. The van der Waals surface area contributed by atoms with E-state index in [1.54, 1.807) is 24.3 Å². The molecule has 2 aromatic carbocycles. The number of hydrogen-bond acceptors (Lipinski definition) is 3. The monoisotopic (exact) mass is 307 g/mol. The molecule has 23 heavy (non-hydrogen) atoms. The zero-order valence-corrected chi connectivity index (χ0v) is 12.6. The molecule has 0 bridgehead atoms. The van der Waals surface area contributed by atoms with Crippen LogP contribution in [0.2, 0.25) is 0 Å². The van der Waals surface area contributed by atoms with E-state index in [1.807, 2.05) is 36.5 Å². The highest BCUT2D eigenvalue weighted by atomic mass is 16.5. The fourth-order valence-electron chi connectivity index (χ4n) is 2.67. The molecule has 1 aromatic heterocycles. The summed E-state index contributed by atoms with van der Waals surface area (Å²) < 4.78 is 5.40. The van der Waals surface area contributed by atoms with Gasteiger partial charge in [-0.25, -0.2) is 4.79 Å². The number of carbonyl (C=O) groups excluding carboxylic acids is 2. The maximum absolute atomic E-state index is 12.1. The first kappa shape index (κ1) is 15.0. The Kier molecular flexibility index (Phi) is 4.52. The number of aromatic nitrogens is 1. The lowest BCUT2D eigenvalue weighted by Crippen LogP contribution is -2.13. The minimum absolute atomic E-state index is 0.156. The molecule has 0 fully saturated rings. The van der Waals surface area contributed by atoms with Gasteiger partial charge in [-0.2, -0.15) is 0 Å². The molecule has 1 N–H and O–H groups in total. The summed E-state index contributed by atoms with van der Waals surface area (Å²) in [7, 11) is 0. The van der Waals surface area contributed by atoms with Gasteiger partial charge in [0.1, 0.15) is 6.29 Å². The van der Waals surface area contributed by atoms with Gasteiger partial charge in [0.05, 0.1) is 12.2 Å². The normalized spacial score (nSPS) is 12.0. The molecule has 1 heterocycles. The van der Waals surface area contributed by atoms with Crippen molar-refractivity contribution in [2.24, 2.45) is 0 Å². The van der Waals surface area contributed by atoms with Gasteiger partial charge in [0.25, 0.3) is 0 Å². The molecule has 0 saturated carbocycles. The van der Waals surface area contributed by atoms with E-state index in [9.17, 15) is 9.59 Å². The molecule has 0 unspecified atom stereocenters. The van der Waals surface area contributed by atoms with Crippen molar-refractivity contribution in [3.05, 3.63) is 71.9 Å². The van der Waals surface area contributed by atoms with E-state index in [0.717, 1.165) is 22.8 Å². The SMILES string of the molecule is O=CC[C@@H](COC(=O)c1ccccc1)c1c[nH]c2ccccc12. The molecule has 0 radical (unpaired) electrons. The van der Waals surface area contributed by atoms with Gasteiger partial charge in [0.15, 0.2) is 0 Å². The Bertz CT molecular complexity index is 808. The number of carbonyl (C=O) groups is 2. The van der Waals surface area contributed by atoms with Crippen LogP contribution in [-0.4, -0.2) is 23.8 Å². The first-order chi connectivity index (χ1) is 11.3. The number of aldehydes is 1.